The molecule has 5 nitrogen and oxygen atoms in total. The summed E-state index contributed by atoms with van der Waals surface area (Å²) >= 11 is 0. The third kappa shape index (κ3) is 10.9. The van der Waals surface area contributed by atoms with Gasteiger partial charge in [0.05, 0.1) is 0 Å². The Bertz CT molecular complexity index is 32.7. The summed E-state index contributed by atoms with van der Waals surface area (Å²) in [5, 5.41) is 0. The molecule has 6 heteroatoms. The summed E-state index contributed by atoms with van der Waals surface area (Å²) in [7, 11) is 0.802. The van der Waals surface area contributed by atoms with Gasteiger partial charge in [0.1, 0.15) is 0 Å². The quantitative estimate of drug-likeness (QED) is 0.404. The van der Waals surface area contributed by atoms with Crippen LogP contribution in [0.25, 0.3) is 0 Å². The first kappa shape index (κ1) is 22.5. The molecule has 1 aliphatic heterocycles. The molecular weight excluding hydrogens is 148 g/mol. The first-order valence-electron chi connectivity index (χ1n) is 2.35. The average molecular weight is 168 g/mol. The lowest BCUT2D eigenvalue weighted by molar-refractivity contribution is 0.304. The second-order valence-electron chi connectivity index (χ2n) is 1.45. The highest BCUT2D eigenvalue weighted by Crippen LogP contribution is 2.01. The second kappa shape index (κ2) is 16.0. The fourth-order valence-electron chi connectivity index (χ4n) is 0.516. The summed E-state index contributed by atoms with van der Waals surface area (Å²) in [6.45, 7) is 1.01. The largest absolute Gasteiger partial charge is 0.417 e. The molecule has 1 aliphatic rings. The fraction of sp³-hybridized carbons (Fsp3) is 1.00. The van der Waals surface area contributed by atoms with Gasteiger partial charge >= 0.3 is 0 Å². The van der Waals surface area contributed by atoms with Gasteiger partial charge in [0.2, 0.25) is 9.76 Å². The first-order chi connectivity index (χ1) is 3.00. The SMILES string of the molecule is C1CC[Si]OC1.N.N.N.N. The molecule has 0 atom stereocenters. The Morgan fingerprint density at radius 2 is 1.50 bits per heavy atom. The van der Waals surface area contributed by atoms with Gasteiger partial charge in [0, 0.05) is 6.61 Å². The van der Waals surface area contributed by atoms with Crippen LogP contribution in [0.15, 0.2) is 0 Å². The van der Waals surface area contributed by atoms with E-state index in [1.807, 2.05) is 0 Å². The summed E-state index contributed by atoms with van der Waals surface area (Å²) in [5.74, 6) is 0. The van der Waals surface area contributed by atoms with Gasteiger partial charge in [-0.1, -0.05) is 6.42 Å². The van der Waals surface area contributed by atoms with Crippen LogP contribution < -0.4 is 24.6 Å². The lowest BCUT2D eigenvalue weighted by Crippen LogP contribution is -2.06. The minimum Gasteiger partial charge on any atom is -0.417 e. The molecule has 1 fully saturated rings. The van der Waals surface area contributed by atoms with E-state index in [-0.39, 0.29) is 24.6 Å². The predicted molar refractivity (Wildman–Crippen MR) is 45.8 cm³/mol. The molecule has 10 heavy (non-hydrogen) atoms. The van der Waals surface area contributed by atoms with Crippen molar-refractivity contribution in [2.24, 2.45) is 0 Å². The molecule has 2 radical (unpaired) electrons. The normalized spacial score (nSPS) is 14.4. The molecule has 1 rings (SSSR count). The van der Waals surface area contributed by atoms with Gasteiger partial charge in [-0.3, -0.25) is 0 Å². The maximum absolute atomic E-state index is 5.10. The molecule has 0 spiro atoms. The van der Waals surface area contributed by atoms with Gasteiger partial charge < -0.3 is 29.0 Å². The van der Waals surface area contributed by atoms with E-state index in [9.17, 15) is 0 Å². The zero-order chi connectivity index (χ0) is 4.24. The molecule has 66 valence electrons. The van der Waals surface area contributed by atoms with Crippen molar-refractivity contribution in [3.8, 4) is 0 Å². The molecule has 1 heterocycles. The molecule has 0 saturated carbocycles. The Kier molecular flexibility index (Phi) is 36.0. The molecule has 1 saturated heterocycles. The van der Waals surface area contributed by atoms with Crippen LogP contribution in [-0.4, -0.2) is 16.4 Å². The van der Waals surface area contributed by atoms with Gasteiger partial charge in [-0.25, -0.2) is 0 Å². The highest BCUT2D eigenvalue weighted by atomic mass is 28.2. The van der Waals surface area contributed by atoms with Crippen LogP contribution in [0.4, 0.5) is 0 Å². The Balaban J connectivity index is -0.0000000450. The molecule has 0 aromatic rings. The smallest absolute Gasteiger partial charge is 0.229 e. The Labute approximate surface area is 65.2 Å². The van der Waals surface area contributed by atoms with Crippen molar-refractivity contribution < 1.29 is 4.43 Å². The lowest BCUT2D eigenvalue weighted by Gasteiger charge is -2.06. The zero-order valence-corrected chi connectivity index (χ0v) is 7.57. The van der Waals surface area contributed by atoms with Crippen molar-refractivity contribution in [2.45, 2.75) is 18.9 Å². The monoisotopic (exact) mass is 168 g/mol. The highest BCUT2D eigenvalue weighted by Gasteiger charge is 1.97. The van der Waals surface area contributed by atoms with Crippen molar-refractivity contribution in [1.82, 2.24) is 24.6 Å². The molecular formula is C4H20N4OSi. The van der Waals surface area contributed by atoms with E-state index in [0.29, 0.717) is 0 Å². The fourth-order valence-corrected chi connectivity index (χ4v) is 1.34. The topological polar surface area (TPSA) is 149 Å². The van der Waals surface area contributed by atoms with E-state index in [2.05, 4.69) is 0 Å². The van der Waals surface area contributed by atoms with Gasteiger partial charge in [-0.15, -0.1) is 0 Å². The summed E-state index contributed by atoms with van der Waals surface area (Å²) in [5.41, 5.74) is 0. The standard InChI is InChI=1S/C4H8OSi.4H3N/c1-2-4-6-5-3-1;;;;/h1-4H2;4*1H3. The summed E-state index contributed by atoms with van der Waals surface area (Å²) < 4.78 is 5.10. The molecule has 12 N–H and O–H groups in total. The van der Waals surface area contributed by atoms with Crippen molar-refractivity contribution in [2.75, 3.05) is 6.61 Å². The van der Waals surface area contributed by atoms with Crippen LogP contribution in [0.1, 0.15) is 12.8 Å². The van der Waals surface area contributed by atoms with Gasteiger partial charge in [0.15, 0.2) is 0 Å². The van der Waals surface area contributed by atoms with Crippen molar-refractivity contribution in [1.29, 1.82) is 0 Å². The van der Waals surface area contributed by atoms with E-state index in [1.165, 1.54) is 18.9 Å². The van der Waals surface area contributed by atoms with Crippen LogP contribution in [0.5, 0.6) is 0 Å². The van der Waals surface area contributed by atoms with Crippen LogP contribution >= 0.6 is 0 Å². The van der Waals surface area contributed by atoms with Crippen molar-refractivity contribution in [3.05, 3.63) is 0 Å². The molecule has 0 unspecified atom stereocenters. The summed E-state index contributed by atoms with van der Waals surface area (Å²) in [4.78, 5) is 0. The summed E-state index contributed by atoms with van der Waals surface area (Å²) in [6, 6.07) is 1.31. The first-order valence-corrected chi connectivity index (χ1v) is 3.46. The van der Waals surface area contributed by atoms with E-state index in [0.717, 1.165) is 16.4 Å². The minimum atomic E-state index is 0. The van der Waals surface area contributed by atoms with Crippen LogP contribution in [0, 0.1) is 0 Å². The van der Waals surface area contributed by atoms with E-state index in [4.69, 9.17) is 4.43 Å². The van der Waals surface area contributed by atoms with Gasteiger partial charge in [-0.05, 0) is 12.5 Å². The van der Waals surface area contributed by atoms with Crippen LogP contribution in [0.2, 0.25) is 6.04 Å². The maximum Gasteiger partial charge on any atom is 0.229 e. The third-order valence-corrected chi connectivity index (χ3v) is 1.84. The number of rotatable bonds is 0. The number of hydrogen-bond donors (Lipinski definition) is 4. The number of hydrogen-bond acceptors (Lipinski definition) is 5. The third-order valence-electron chi connectivity index (χ3n) is 0.877. The average Bonchev–Trinajstić information content (AvgIpc) is 1.72. The van der Waals surface area contributed by atoms with E-state index < -0.39 is 0 Å². The Hall–Kier alpha value is 0.0169. The maximum atomic E-state index is 5.10. The molecule has 0 aliphatic carbocycles. The molecule has 0 aromatic carbocycles. The second-order valence-corrected chi connectivity index (χ2v) is 2.53. The van der Waals surface area contributed by atoms with E-state index >= 15 is 0 Å². The lowest BCUT2D eigenvalue weighted by atomic mass is 10.4. The Morgan fingerprint density at radius 1 is 0.900 bits per heavy atom. The predicted octanol–water partition coefficient (Wildman–Crippen LogP) is 1.48. The van der Waals surface area contributed by atoms with Crippen LogP contribution in [-0.2, 0) is 4.43 Å². The highest BCUT2D eigenvalue weighted by molar-refractivity contribution is 6.27. The molecule has 0 amide bonds. The molecule has 0 bridgehead atoms. The van der Waals surface area contributed by atoms with Crippen LogP contribution in [0.3, 0.4) is 0 Å². The van der Waals surface area contributed by atoms with Crippen molar-refractivity contribution >= 4 is 9.76 Å². The summed E-state index contributed by atoms with van der Waals surface area (Å²) in [6.07, 6.45) is 2.67. The minimum absolute atomic E-state index is 0. The van der Waals surface area contributed by atoms with Gasteiger partial charge in [-0.2, -0.15) is 0 Å². The molecule has 0 aromatic heterocycles. The van der Waals surface area contributed by atoms with Gasteiger partial charge in [0.25, 0.3) is 0 Å². The van der Waals surface area contributed by atoms with Crippen molar-refractivity contribution in [3.63, 3.8) is 0 Å². The van der Waals surface area contributed by atoms with E-state index in [1.54, 1.807) is 0 Å². The zero-order valence-electron chi connectivity index (χ0n) is 6.57. The Morgan fingerprint density at radius 3 is 1.60 bits per heavy atom.